The van der Waals surface area contributed by atoms with E-state index in [0.717, 1.165) is 14.7 Å². The monoisotopic (exact) mass is 572 g/mol. The minimum atomic E-state index is -3.66. The molecule has 12 heteroatoms. The summed E-state index contributed by atoms with van der Waals surface area (Å²) in [5.41, 5.74) is 1.10. The average Bonchev–Trinajstić information content (AvgIpc) is 3.31. The fraction of sp³-hybridized carbons (Fsp3) is 0.292. The molecular weight excluding hydrogens is 548 g/mol. The molecule has 2 N–H and O–H groups in total. The van der Waals surface area contributed by atoms with Crippen LogP contribution in [0.25, 0.3) is 22.6 Å². The Hall–Kier alpha value is -3.22. The van der Waals surface area contributed by atoms with Gasteiger partial charge in [-0.2, -0.15) is 4.31 Å². The van der Waals surface area contributed by atoms with Gasteiger partial charge >= 0.3 is 5.69 Å². The molecule has 10 nitrogen and oxygen atoms in total. The van der Waals surface area contributed by atoms with Crippen LogP contribution in [0.15, 0.2) is 67.5 Å². The van der Waals surface area contributed by atoms with Crippen molar-refractivity contribution in [2.45, 2.75) is 24.8 Å². The lowest BCUT2D eigenvalue weighted by Crippen LogP contribution is -2.48. The van der Waals surface area contributed by atoms with Crippen LogP contribution < -0.4 is 16.1 Å². The van der Waals surface area contributed by atoms with E-state index >= 15 is 0 Å². The normalized spacial score (nSPS) is 15.0. The van der Waals surface area contributed by atoms with Crippen molar-refractivity contribution in [2.24, 2.45) is 0 Å². The van der Waals surface area contributed by atoms with Crippen molar-refractivity contribution in [1.82, 2.24) is 23.8 Å². The van der Waals surface area contributed by atoms with Gasteiger partial charge in [0.05, 0.1) is 4.90 Å². The molecule has 1 saturated heterocycles. The molecule has 0 atom stereocenters. The number of anilines is 1. The summed E-state index contributed by atoms with van der Waals surface area (Å²) >= 11 is 3.48. The highest BCUT2D eigenvalue weighted by atomic mass is 79.9. The summed E-state index contributed by atoms with van der Waals surface area (Å²) < 4.78 is 30.1. The zero-order valence-electron chi connectivity index (χ0n) is 19.6. The largest absolute Gasteiger partial charge is 0.369 e. The minimum absolute atomic E-state index is 0.173. The van der Waals surface area contributed by atoms with Crippen molar-refractivity contribution in [3.05, 3.63) is 73.8 Å². The third-order valence-corrected chi connectivity index (χ3v) is 8.66. The zero-order valence-corrected chi connectivity index (χ0v) is 22.0. The van der Waals surface area contributed by atoms with Crippen molar-refractivity contribution in [2.75, 3.05) is 31.1 Å². The fourth-order valence-electron chi connectivity index (χ4n) is 4.37. The molecular formula is C24H25BrN6O4S. The Balaban J connectivity index is 1.35. The SMILES string of the molecule is CCCn1c(=O)[nH]c2nc(-c3ccc(S(=O)(=O)N4CCN(c5cccc(Br)c5)CC4)cc3)[nH]c2c1=O. The van der Waals surface area contributed by atoms with Gasteiger partial charge in [0.15, 0.2) is 5.65 Å². The number of hydrogen-bond acceptors (Lipinski definition) is 6. The van der Waals surface area contributed by atoms with Gasteiger partial charge in [-0.3, -0.25) is 14.3 Å². The van der Waals surface area contributed by atoms with Crippen molar-refractivity contribution in [1.29, 1.82) is 0 Å². The second-order valence-electron chi connectivity index (χ2n) is 8.59. The number of nitrogens with one attached hydrogen (secondary N) is 2. The van der Waals surface area contributed by atoms with Crippen LogP contribution in [-0.4, -0.2) is 58.4 Å². The number of aromatic nitrogens is 4. The van der Waals surface area contributed by atoms with E-state index in [1.54, 1.807) is 12.1 Å². The number of sulfonamides is 1. The Morgan fingerprint density at radius 2 is 1.72 bits per heavy atom. The highest BCUT2D eigenvalue weighted by molar-refractivity contribution is 9.10. The van der Waals surface area contributed by atoms with Crippen LogP contribution >= 0.6 is 15.9 Å². The first-order valence-electron chi connectivity index (χ1n) is 11.6. The number of H-pyrrole nitrogens is 2. The molecule has 0 radical (unpaired) electrons. The van der Waals surface area contributed by atoms with Crippen LogP contribution in [0.2, 0.25) is 0 Å². The molecule has 3 heterocycles. The van der Waals surface area contributed by atoms with Gasteiger partial charge in [0.25, 0.3) is 5.56 Å². The number of halogens is 1. The first-order chi connectivity index (χ1) is 17.3. The third-order valence-electron chi connectivity index (χ3n) is 6.26. The maximum Gasteiger partial charge on any atom is 0.330 e. The molecule has 188 valence electrons. The van der Waals surface area contributed by atoms with E-state index in [2.05, 4.69) is 35.8 Å². The average molecular weight is 573 g/mol. The number of nitrogens with zero attached hydrogens (tertiary/aromatic N) is 4. The van der Waals surface area contributed by atoms with Gasteiger partial charge in [-0.05, 0) is 48.9 Å². The van der Waals surface area contributed by atoms with Crippen molar-refractivity contribution in [3.8, 4) is 11.4 Å². The number of aromatic amines is 2. The fourth-order valence-corrected chi connectivity index (χ4v) is 6.18. The molecule has 5 rings (SSSR count). The molecule has 2 aromatic heterocycles. The van der Waals surface area contributed by atoms with E-state index in [4.69, 9.17) is 0 Å². The van der Waals surface area contributed by atoms with Crippen LogP contribution in [0.5, 0.6) is 0 Å². The maximum absolute atomic E-state index is 13.2. The Labute approximate surface area is 215 Å². The Morgan fingerprint density at radius 1 is 1.00 bits per heavy atom. The van der Waals surface area contributed by atoms with Gasteiger partial charge in [-0.1, -0.05) is 28.9 Å². The van der Waals surface area contributed by atoms with E-state index in [9.17, 15) is 18.0 Å². The van der Waals surface area contributed by atoms with Crippen molar-refractivity contribution < 1.29 is 8.42 Å². The topological polar surface area (TPSA) is 124 Å². The smallest absolute Gasteiger partial charge is 0.330 e. The van der Waals surface area contributed by atoms with Crippen molar-refractivity contribution >= 4 is 42.8 Å². The van der Waals surface area contributed by atoms with E-state index in [-0.39, 0.29) is 16.1 Å². The summed E-state index contributed by atoms with van der Waals surface area (Å²) in [4.78, 5) is 37.1. The number of imidazole rings is 1. The molecule has 1 aliphatic rings. The zero-order chi connectivity index (χ0) is 25.4. The quantitative estimate of drug-likeness (QED) is 0.366. The van der Waals surface area contributed by atoms with E-state index in [1.807, 2.05) is 31.2 Å². The van der Waals surface area contributed by atoms with Crippen LogP contribution in [0, 0.1) is 0 Å². The van der Waals surface area contributed by atoms with Crippen molar-refractivity contribution in [3.63, 3.8) is 0 Å². The lowest BCUT2D eigenvalue weighted by molar-refractivity contribution is 0.385. The molecule has 4 aromatic rings. The molecule has 1 aliphatic heterocycles. The van der Waals surface area contributed by atoms with Crippen LogP contribution in [-0.2, 0) is 16.6 Å². The van der Waals surface area contributed by atoms with Crippen LogP contribution in [0.4, 0.5) is 5.69 Å². The lowest BCUT2D eigenvalue weighted by atomic mass is 10.2. The second-order valence-corrected chi connectivity index (χ2v) is 11.4. The summed E-state index contributed by atoms with van der Waals surface area (Å²) in [6.45, 7) is 4.16. The summed E-state index contributed by atoms with van der Waals surface area (Å²) in [5, 5.41) is 0. The maximum atomic E-state index is 13.2. The number of hydrogen-bond donors (Lipinski definition) is 2. The lowest BCUT2D eigenvalue weighted by Gasteiger charge is -2.35. The second kappa shape index (κ2) is 9.68. The molecule has 0 saturated carbocycles. The van der Waals surface area contributed by atoms with Gasteiger partial charge in [-0.15, -0.1) is 0 Å². The number of piperazine rings is 1. The Bertz CT molecular complexity index is 1630. The summed E-state index contributed by atoms with van der Waals surface area (Å²) in [5.74, 6) is 0.374. The van der Waals surface area contributed by atoms with E-state index in [0.29, 0.717) is 50.5 Å². The Kier molecular flexibility index (Phi) is 6.58. The van der Waals surface area contributed by atoms with E-state index < -0.39 is 21.3 Å². The number of benzene rings is 2. The number of rotatable bonds is 6. The van der Waals surface area contributed by atoms with Gasteiger partial charge in [0.1, 0.15) is 11.3 Å². The molecule has 36 heavy (non-hydrogen) atoms. The van der Waals surface area contributed by atoms with Gasteiger partial charge in [-0.25, -0.2) is 18.2 Å². The van der Waals surface area contributed by atoms with Gasteiger partial charge in [0.2, 0.25) is 10.0 Å². The minimum Gasteiger partial charge on any atom is -0.369 e. The van der Waals surface area contributed by atoms with Crippen LogP contribution in [0.1, 0.15) is 13.3 Å². The standard InChI is InChI=1S/C24H25BrN6O4S/c1-2-10-31-23(32)20-22(28-24(31)33)27-21(26-20)16-6-8-19(9-7-16)36(34,35)30-13-11-29(12-14-30)18-5-3-4-17(25)15-18/h3-9,15H,2,10-14H2,1H3,(H,26,27)(H,28,33). The molecule has 0 aliphatic carbocycles. The molecule has 2 aromatic carbocycles. The summed E-state index contributed by atoms with van der Waals surface area (Å²) in [6.07, 6.45) is 0.643. The predicted molar refractivity (Wildman–Crippen MR) is 142 cm³/mol. The van der Waals surface area contributed by atoms with Gasteiger partial charge < -0.3 is 9.88 Å². The van der Waals surface area contributed by atoms with E-state index in [1.165, 1.54) is 16.4 Å². The third kappa shape index (κ3) is 4.51. The first-order valence-corrected chi connectivity index (χ1v) is 13.8. The highest BCUT2D eigenvalue weighted by Crippen LogP contribution is 2.25. The molecule has 0 bridgehead atoms. The summed E-state index contributed by atoms with van der Waals surface area (Å²) in [7, 11) is -3.66. The number of fused-ring (bicyclic) bond motifs is 1. The molecule has 0 amide bonds. The highest BCUT2D eigenvalue weighted by Gasteiger charge is 2.28. The molecule has 0 spiro atoms. The predicted octanol–water partition coefficient (Wildman–Crippen LogP) is 2.76. The molecule has 1 fully saturated rings. The Morgan fingerprint density at radius 3 is 2.39 bits per heavy atom. The van der Waals surface area contributed by atoms with Gasteiger partial charge in [0, 0.05) is 48.4 Å². The summed E-state index contributed by atoms with van der Waals surface area (Å²) in [6, 6.07) is 14.3. The molecule has 0 unspecified atom stereocenters. The van der Waals surface area contributed by atoms with Crippen LogP contribution in [0.3, 0.4) is 0 Å². The first kappa shape index (κ1) is 24.5.